The minimum Gasteiger partial charge on any atom is -0.393 e. The van der Waals surface area contributed by atoms with Crippen LogP contribution in [0.4, 0.5) is 0 Å². The average Bonchev–Trinajstić information content (AvgIpc) is 2.67. The Morgan fingerprint density at radius 3 is 2.64 bits per heavy atom. The van der Waals surface area contributed by atoms with Crippen LogP contribution in [0, 0.1) is 0 Å². The van der Waals surface area contributed by atoms with Crippen LogP contribution in [-0.2, 0) is 6.42 Å². The smallest absolute Gasteiger partial charge is 0.229 e. The van der Waals surface area contributed by atoms with Crippen LogP contribution in [0.2, 0.25) is 0 Å². The van der Waals surface area contributed by atoms with Crippen molar-refractivity contribution in [1.82, 2.24) is 10.1 Å². The number of rotatable bonds is 2. The van der Waals surface area contributed by atoms with Gasteiger partial charge in [0.25, 0.3) is 0 Å². The molecule has 1 heterocycles. The number of nitrogens with zero attached hydrogens (tertiary/aromatic N) is 2. The van der Waals surface area contributed by atoms with Crippen molar-refractivity contribution < 1.29 is 9.63 Å². The minimum absolute atomic E-state index is 0.125. The van der Waals surface area contributed by atoms with Crippen molar-refractivity contribution in [1.29, 1.82) is 0 Å². The van der Waals surface area contributed by atoms with Gasteiger partial charge in [-0.05, 0) is 25.7 Å². The Labute approximate surface area is 83.3 Å². The van der Waals surface area contributed by atoms with Crippen LogP contribution in [-0.4, -0.2) is 21.4 Å². The van der Waals surface area contributed by atoms with Gasteiger partial charge in [0, 0.05) is 12.3 Å². The van der Waals surface area contributed by atoms with Crippen LogP contribution in [0.15, 0.2) is 4.52 Å². The number of hydrogen-bond donors (Lipinski definition) is 1. The second-order valence-corrected chi connectivity index (χ2v) is 3.91. The van der Waals surface area contributed by atoms with Gasteiger partial charge < -0.3 is 9.63 Å². The second kappa shape index (κ2) is 4.09. The Balaban J connectivity index is 2.01. The molecule has 0 aromatic carbocycles. The van der Waals surface area contributed by atoms with Crippen molar-refractivity contribution in [3.05, 3.63) is 11.7 Å². The van der Waals surface area contributed by atoms with Crippen LogP contribution in [0.3, 0.4) is 0 Å². The van der Waals surface area contributed by atoms with Crippen LogP contribution in [0.25, 0.3) is 0 Å². The monoisotopic (exact) mass is 196 g/mol. The number of hydrogen-bond acceptors (Lipinski definition) is 4. The van der Waals surface area contributed by atoms with Gasteiger partial charge in [-0.25, -0.2) is 0 Å². The fraction of sp³-hybridized carbons (Fsp3) is 0.800. The van der Waals surface area contributed by atoms with E-state index < -0.39 is 0 Å². The zero-order chi connectivity index (χ0) is 9.97. The first-order valence-electron chi connectivity index (χ1n) is 5.30. The van der Waals surface area contributed by atoms with Gasteiger partial charge in [0.15, 0.2) is 5.82 Å². The second-order valence-electron chi connectivity index (χ2n) is 3.91. The predicted octanol–water partition coefficient (Wildman–Crippen LogP) is 1.65. The third-order valence-electron chi connectivity index (χ3n) is 2.85. The quantitative estimate of drug-likeness (QED) is 0.781. The molecule has 4 nitrogen and oxygen atoms in total. The molecule has 1 saturated carbocycles. The Morgan fingerprint density at radius 1 is 1.36 bits per heavy atom. The summed E-state index contributed by atoms with van der Waals surface area (Å²) < 4.78 is 5.19. The maximum Gasteiger partial charge on any atom is 0.229 e. The third kappa shape index (κ3) is 1.95. The summed E-state index contributed by atoms with van der Waals surface area (Å²) in [5, 5.41) is 13.2. The Kier molecular flexibility index (Phi) is 2.82. The highest BCUT2D eigenvalue weighted by atomic mass is 16.5. The summed E-state index contributed by atoms with van der Waals surface area (Å²) in [5.41, 5.74) is 0. The van der Waals surface area contributed by atoms with E-state index in [1.807, 2.05) is 6.92 Å². The molecule has 2 rings (SSSR count). The SMILES string of the molecule is CCc1noc(C2CCC(O)CC2)n1. The molecule has 0 radical (unpaired) electrons. The van der Waals surface area contributed by atoms with Crippen LogP contribution < -0.4 is 0 Å². The van der Waals surface area contributed by atoms with Gasteiger partial charge >= 0.3 is 0 Å². The highest BCUT2D eigenvalue weighted by molar-refractivity contribution is 4.96. The molecule has 1 fully saturated rings. The predicted molar refractivity (Wildman–Crippen MR) is 50.9 cm³/mol. The summed E-state index contributed by atoms with van der Waals surface area (Å²) in [5.74, 6) is 1.91. The summed E-state index contributed by atoms with van der Waals surface area (Å²) in [6.45, 7) is 2.01. The standard InChI is InChI=1S/C10H16N2O2/c1-2-9-11-10(14-12-9)7-3-5-8(13)6-4-7/h7-8,13H,2-6H2,1H3. The van der Waals surface area contributed by atoms with Crippen molar-refractivity contribution in [2.75, 3.05) is 0 Å². The lowest BCUT2D eigenvalue weighted by Gasteiger charge is -2.22. The number of aryl methyl sites for hydroxylation is 1. The third-order valence-corrected chi connectivity index (χ3v) is 2.85. The molecule has 1 aliphatic rings. The molecule has 0 aliphatic heterocycles. The van der Waals surface area contributed by atoms with E-state index in [1.165, 1.54) is 0 Å². The summed E-state index contributed by atoms with van der Waals surface area (Å²) in [4.78, 5) is 4.32. The molecule has 1 N–H and O–H groups in total. The molecule has 0 bridgehead atoms. The molecule has 1 aromatic rings. The van der Waals surface area contributed by atoms with E-state index in [-0.39, 0.29) is 6.10 Å². The van der Waals surface area contributed by atoms with Gasteiger partial charge in [-0.2, -0.15) is 4.98 Å². The molecule has 0 saturated heterocycles. The van der Waals surface area contributed by atoms with Crippen molar-refractivity contribution in [3.63, 3.8) is 0 Å². The molecule has 14 heavy (non-hydrogen) atoms. The summed E-state index contributed by atoms with van der Waals surface area (Å²) in [7, 11) is 0. The first-order chi connectivity index (χ1) is 6.79. The van der Waals surface area contributed by atoms with Gasteiger partial charge in [-0.15, -0.1) is 0 Å². The van der Waals surface area contributed by atoms with E-state index in [2.05, 4.69) is 10.1 Å². The van der Waals surface area contributed by atoms with Gasteiger partial charge in [-0.3, -0.25) is 0 Å². The maximum absolute atomic E-state index is 9.36. The fourth-order valence-corrected chi connectivity index (χ4v) is 1.90. The minimum atomic E-state index is -0.125. The number of aliphatic hydroxyl groups is 1. The van der Waals surface area contributed by atoms with Crippen LogP contribution in [0.1, 0.15) is 50.2 Å². The summed E-state index contributed by atoms with van der Waals surface area (Å²) in [6.07, 6.45) is 4.33. The molecule has 0 atom stereocenters. The van der Waals surface area contributed by atoms with Crippen molar-refractivity contribution in [3.8, 4) is 0 Å². The van der Waals surface area contributed by atoms with Crippen molar-refractivity contribution in [2.24, 2.45) is 0 Å². The lowest BCUT2D eigenvalue weighted by molar-refractivity contribution is 0.116. The normalized spacial score (nSPS) is 27.9. The Bertz CT molecular complexity index is 290. The maximum atomic E-state index is 9.36. The molecular formula is C10H16N2O2. The van der Waals surface area contributed by atoms with E-state index in [0.717, 1.165) is 43.8 Å². The highest BCUT2D eigenvalue weighted by Crippen LogP contribution is 2.31. The van der Waals surface area contributed by atoms with Crippen molar-refractivity contribution in [2.45, 2.75) is 51.0 Å². The summed E-state index contributed by atoms with van der Waals surface area (Å²) >= 11 is 0. The summed E-state index contributed by atoms with van der Waals surface area (Å²) in [6, 6.07) is 0. The van der Waals surface area contributed by atoms with Crippen LogP contribution >= 0.6 is 0 Å². The average molecular weight is 196 g/mol. The van der Waals surface area contributed by atoms with Gasteiger partial charge in [-0.1, -0.05) is 12.1 Å². The van der Waals surface area contributed by atoms with E-state index in [4.69, 9.17) is 4.52 Å². The number of aromatic nitrogens is 2. The molecule has 78 valence electrons. The first kappa shape index (κ1) is 9.65. The molecule has 0 amide bonds. The van der Waals surface area contributed by atoms with Gasteiger partial charge in [0.1, 0.15) is 0 Å². The van der Waals surface area contributed by atoms with Gasteiger partial charge in [0.2, 0.25) is 5.89 Å². The Morgan fingerprint density at radius 2 is 2.07 bits per heavy atom. The molecule has 4 heteroatoms. The van der Waals surface area contributed by atoms with E-state index >= 15 is 0 Å². The molecule has 0 spiro atoms. The highest BCUT2D eigenvalue weighted by Gasteiger charge is 2.24. The lowest BCUT2D eigenvalue weighted by atomic mass is 9.87. The topological polar surface area (TPSA) is 59.2 Å². The first-order valence-corrected chi connectivity index (χ1v) is 5.30. The molecule has 1 aliphatic carbocycles. The van der Waals surface area contributed by atoms with E-state index in [0.29, 0.717) is 5.92 Å². The zero-order valence-electron chi connectivity index (χ0n) is 8.44. The molecular weight excluding hydrogens is 180 g/mol. The van der Waals surface area contributed by atoms with E-state index in [9.17, 15) is 5.11 Å². The molecule has 0 unspecified atom stereocenters. The Hall–Kier alpha value is -0.900. The van der Waals surface area contributed by atoms with Crippen LogP contribution in [0.5, 0.6) is 0 Å². The fourth-order valence-electron chi connectivity index (χ4n) is 1.90. The molecule has 1 aromatic heterocycles. The zero-order valence-corrected chi connectivity index (χ0v) is 8.44. The number of aliphatic hydroxyl groups excluding tert-OH is 1. The van der Waals surface area contributed by atoms with E-state index in [1.54, 1.807) is 0 Å². The van der Waals surface area contributed by atoms with Gasteiger partial charge in [0.05, 0.1) is 6.10 Å². The lowest BCUT2D eigenvalue weighted by Crippen LogP contribution is -2.17. The largest absolute Gasteiger partial charge is 0.393 e. The van der Waals surface area contributed by atoms with Crippen molar-refractivity contribution >= 4 is 0 Å².